The van der Waals surface area contributed by atoms with Crippen LogP contribution in [0.1, 0.15) is 29.3 Å². The van der Waals surface area contributed by atoms with E-state index < -0.39 is 29.7 Å². The summed E-state index contributed by atoms with van der Waals surface area (Å²) in [5.74, 6) is -2.50. The molecule has 0 saturated carbocycles. The van der Waals surface area contributed by atoms with Gasteiger partial charge in [0.15, 0.2) is 0 Å². The SMILES string of the molecule is COC(=O)C(=O)CC(C)NC(=O)[C@H](Cc1ccccc1)NC(=O)c1ccccc1. The third-order valence-electron chi connectivity index (χ3n) is 4.23. The first-order valence-corrected chi connectivity index (χ1v) is 9.22. The first-order valence-electron chi connectivity index (χ1n) is 9.22. The Morgan fingerprint density at radius 2 is 1.48 bits per heavy atom. The van der Waals surface area contributed by atoms with Crippen molar-refractivity contribution in [1.29, 1.82) is 0 Å². The molecule has 0 saturated heterocycles. The highest BCUT2D eigenvalue weighted by molar-refractivity contribution is 6.33. The summed E-state index contributed by atoms with van der Waals surface area (Å²) < 4.78 is 4.39. The maximum atomic E-state index is 12.8. The zero-order valence-corrected chi connectivity index (χ0v) is 16.4. The zero-order valence-electron chi connectivity index (χ0n) is 16.4. The minimum Gasteiger partial charge on any atom is -0.463 e. The minimum atomic E-state index is -0.954. The van der Waals surface area contributed by atoms with Gasteiger partial charge in [0.1, 0.15) is 6.04 Å². The first kappa shape index (κ1) is 21.8. The lowest BCUT2D eigenvalue weighted by atomic mass is 10.0. The maximum absolute atomic E-state index is 12.8. The number of nitrogens with one attached hydrogen (secondary N) is 2. The molecule has 0 bridgehead atoms. The van der Waals surface area contributed by atoms with Gasteiger partial charge in [0, 0.05) is 24.4 Å². The van der Waals surface area contributed by atoms with Gasteiger partial charge < -0.3 is 15.4 Å². The number of hydrogen-bond acceptors (Lipinski definition) is 5. The summed E-state index contributed by atoms with van der Waals surface area (Å²) in [7, 11) is 1.12. The van der Waals surface area contributed by atoms with Crippen LogP contribution in [-0.2, 0) is 25.5 Å². The lowest BCUT2D eigenvalue weighted by Gasteiger charge is -2.21. The predicted octanol–water partition coefficient (Wildman–Crippen LogP) is 1.66. The second-order valence-corrected chi connectivity index (χ2v) is 6.61. The van der Waals surface area contributed by atoms with E-state index in [2.05, 4.69) is 15.4 Å². The number of carbonyl (C=O) groups excluding carboxylic acids is 4. The van der Waals surface area contributed by atoms with Crippen LogP contribution in [0, 0.1) is 0 Å². The summed E-state index contributed by atoms with van der Waals surface area (Å²) in [4.78, 5) is 48.3. The molecule has 2 N–H and O–H groups in total. The Morgan fingerprint density at radius 3 is 2.07 bits per heavy atom. The number of hydrogen-bond donors (Lipinski definition) is 2. The maximum Gasteiger partial charge on any atom is 0.374 e. The number of ether oxygens (including phenoxy) is 1. The highest BCUT2D eigenvalue weighted by atomic mass is 16.5. The number of carbonyl (C=O) groups is 4. The number of Topliss-reactive ketones (excluding diaryl/α,β-unsaturated/α-hetero) is 1. The minimum absolute atomic E-state index is 0.191. The summed E-state index contributed by atoms with van der Waals surface area (Å²) in [6.07, 6.45) is 0.0893. The van der Waals surface area contributed by atoms with E-state index in [0.29, 0.717) is 5.56 Å². The van der Waals surface area contributed by atoms with E-state index in [0.717, 1.165) is 12.7 Å². The molecule has 0 spiro atoms. The molecule has 2 rings (SSSR count). The van der Waals surface area contributed by atoms with Crippen LogP contribution < -0.4 is 10.6 Å². The molecule has 7 heteroatoms. The fourth-order valence-electron chi connectivity index (χ4n) is 2.76. The van der Waals surface area contributed by atoms with Crippen LogP contribution in [0.2, 0.25) is 0 Å². The Kier molecular flexibility index (Phi) is 8.09. The van der Waals surface area contributed by atoms with E-state index in [1.54, 1.807) is 37.3 Å². The van der Waals surface area contributed by atoms with Gasteiger partial charge in [0.05, 0.1) is 7.11 Å². The second kappa shape index (κ2) is 10.8. The molecule has 0 fully saturated rings. The topological polar surface area (TPSA) is 102 Å². The largest absolute Gasteiger partial charge is 0.463 e. The van der Waals surface area contributed by atoms with Gasteiger partial charge in [-0.1, -0.05) is 48.5 Å². The van der Waals surface area contributed by atoms with E-state index in [4.69, 9.17) is 0 Å². The fourth-order valence-corrected chi connectivity index (χ4v) is 2.76. The average molecular weight is 396 g/mol. The van der Waals surface area contributed by atoms with Gasteiger partial charge in [0.2, 0.25) is 11.7 Å². The molecule has 1 unspecified atom stereocenters. The molecule has 0 aliphatic carbocycles. The van der Waals surface area contributed by atoms with Crippen molar-refractivity contribution in [2.75, 3.05) is 7.11 Å². The van der Waals surface area contributed by atoms with Gasteiger partial charge in [0.25, 0.3) is 5.91 Å². The van der Waals surface area contributed by atoms with Gasteiger partial charge in [-0.15, -0.1) is 0 Å². The van der Waals surface area contributed by atoms with Crippen molar-refractivity contribution >= 4 is 23.6 Å². The van der Waals surface area contributed by atoms with Crippen LogP contribution in [0.4, 0.5) is 0 Å². The van der Waals surface area contributed by atoms with E-state index in [-0.39, 0.29) is 18.7 Å². The molecule has 0 heterocycles. The number of ketones is 1. The molecule has 2 atom stereocenters. The van der Waals surface area contributed by atoms with Crippen LogP contribution in [0.15, 0.2) is 60.7 Å². The molecule has 2 amide bonds. The Bertz CT molecular complexity index is 852. The Labute approximate surface area is 169 Å². The standard InChI is InChI=1S/C22H24N2O5/c1-15(13-19(25)22(28)29-2)23-21(27)18(14-16-9-5-3-6-10-16)24-20(26)17-11-7-4-8-12-17/h3-12,15,18H,13-14H2,1-2H3,(H,23,27)(H,24,26)/t15?,18-/m0/s1. The van der Waals surface area contributed by atoms with Crippen LogP contribution in [0.5, 0.6) is 0 Å². The molecule has 0 aliphatic rings. The summed E-state index contributed by atoms with van der Waals surface area (Å²) in [6, 6.07) is 16.4. The van der Waals surface area contributed by atoms with Gasteiger partial charge >= 0.3 is 5.97 Å². The second-order valence-electron chi connectivity index (χ2n) is 6.61. The third kappa shape index (κ3) is 6.88. The number of rotatable bonds is 9. The Balaban J connectivity index is 2.09. The molecule has 29 heavy (non-hydrogen) atoms. The van der Waals surface area contributed by atoms with Crippen molar-refractivity contribution in [3.05, 3.63) is 71.8 Å². The third-order valence-corrected chi connectivity index (χ3v) is 4.23. The van der Waals surface area contributed by atoms with Crippen molar-refractivity contribution in [1.82, 2.24) is 10.6 Å². The van der Waals surface area contributed by atoms with E-state index in [9.17, 15) is 19.2 Å². The quantitative estimate of drug-likeness (QED) is 0.496. The van der Waals surface area contributed by atoms with Crippen LogP contribution >= 0.6 is 0 Å². The van der Waals surface area contributed by atoms with Crippen molar-refractivity contribution in [2.24, 2.45) is 0 Å². The average Bonchev–Trinajstić information content (AvgIpc) is 2.73. The van der Waals surface area contributed by atoms with Gasteiger partial charge in [-0.2, -0.15) is 0 Å². The van der Waals surface area contributed by atoms with E-state index in [1.165, 1.54) is 0 Å². The van der Waals surface area contributed by atoms with Crippen molar-refractivity contribution in [3.63, 3.8) is 0 Å². The summed E-state index contributed by atoms with van der Waals surface area (Å²) >= 11 is 0. The van der Waals surface area contributed by atoms with Gasteiger partial charge in [-0.25, -0.2) is 4.79 Å². The van der Waals surface area contributed by atoms with Gasteiger partial charge in [-0.3, -0.25) is 14.4 Å². The predicted molar refractivity (Wildman–Crippen MR) is 107 cm³/mol. The van der Waals surface area contributed by atoms with Crippen LogP contribution in [0.25, 0.3) is 0 Å². The number of esters is 1. The highest BCUT2D eigenvalue weighted by Crippen LogP contribution is 2.07. The number of benzene rings is 2. The van der Waals surface area contributed by atoms with E-state index in [1.807, 2.05) is 30.3 Å². The van der Waals surface area contributed by atoms with Crippen molar-refractivity contribution in [3.8, 4) is 0 Å². The Hall–Kier alpha value is -3.48. The summed E-state index contributed by atoms with van der Waals surface area (Å²) in [5, 5.41) is 5.43. The Morgan fingerprint density at radius 1 is 0.897 bits per heavy atom. The lowest BCUT2D eigenvalue weighted by Crippen LogP contribution is -2.50. The molecule has 152 valence electrons. The lowest BCUT2D eigenvalue weighted by molar-refractivity contribution is -0.151. The molecule has 2 aromatic rings. The fraction of sp³-hybridized carbons (Fsp3) is 0.273. The van der Waals surface area contributed by atoms with Gasteiger partial charge in [-0.05, 0) is 24.6 Å². The molecule has 0 aromatic heterocycles. The molecular weight excluding hydrogens is 372 g/mol. The zero-order chi connectivity index (χ0) is 21.2. The van der Waals surface area contributed by atoms with Crippen LogP contribution in [-0.4, -0.2) is 42.8 Å². The van der Waals surface area contributed by atoms with Crippen molar-refractivity contribution in [2.45, 2.75) is 31.8 Å². The number of methoxy groups -OCH3 is 1. The monoisotopic (exact) mass is 396 g/mol. The molecule has 2 aromatic carbocycles. The highest BCUT2D eigenvalue weighted by Gasteiger charge is 2.25. The first-order chi connectivity index (χ1) is 13.9. The van der Waals surface area contributed by atoms with E-state index >= 15 is 0 Å². The molecular formula is C22H24N2O5. The van der Waals surface area contributed by atoms with Crippen molar-refractivity contribution < 1.29 is 23.9 Å². The van der Waals surface area contributed by atoms with Crippen LogP contribution in [0.3, 0.4) is 0 Å². The number of amides is 2. The molecule has 0 radical (unpaired) electrons. The normalized spacial score (nSPS) is 12.3. The molecule has 7 nitrogen and oxygen atoms in total. The summed E-state index contributed by atoms with van der Waals surface area (Å²) in [5.41, 5.74) is 1.31. The summed E-state index contributed by atoms with van der Waals surface area (Å²) in [6.45, 7) is 1.61. The molecule has 0 aliphatic heterocycles. The smallest absolute Gasteiger partial charge is 0.374 e.